The lowest BCUT2D eigenvalue weighted by molar-refractivity contribution is 0.0652. The van der Waals surface area contributed by atoms with Gasteiger partial charge in [0, 0.05) is 61.9 Å². The van der Waals surface area contributed by atoms with Gasteiger partial charge in [-0.15, -0.1) is 10.2 Å². The SMILES string of the molecule is Cn1cnnc1-c1nn(C)c2c1CN(C(=O)c1c3c(nc4ccccc14)C(=O)N(C1CCCCC1)C3)CC2. The predicted octanol–water partition coefficient (Wildman–Crippen LogP) is 3.25. The zero-order valence-electron chi connectivity index (χ0n) is 21.7. The molecule has 0 atom stereocenters. The van der Waals surface area contributed by atoms with Crippen molar-refractivity contribution < 1.29 is 9.59 Å². The Labute approximate surface area is 220 Å². The maximum absolute atomic E-state index is 14.4. The van der Waals surface area contributed by atoms with E-state index in [1.165, 1.54) is 6.42 Å². The molecule has 3 aromatic heterocycles. The molecular weight excluding hydrogens is 480 g/mol. The molecule has 0 spiro atoms. The second kappa shape index (κ2) is 8.75. The summed E-state index contributed by atoms with van der Waals surface area (Å²) < 4.78 is 3.74. The number of fused-ring (bicyclic) bond motifs is 3. The maximum atomic E-state index is 14.4. The van der Waals surface area contributed by atoms with Gasteiger partial charge in [0.25, 0.3) is 11.8 Å². The Balaban J connectivity index is 1.29. The molecule has 7 rings (SSSR count). The minimum Gasteiger partial charge on any atom is -0.334 e. The number of amides is 2. The van der Waals surface area contributed by atoms with Gasteiger partial charge < -0.3 is 14.4 Å². The highest BCUT2D eigenvalue weighted by Crippen LogP contribution is 2.36. The summed E-state index contributed by atoms with van der Waals surface area (Å²) in [6.07, 6.45) is 7.89. The Kier molecular flexibility index (Phi) is 5.31. The number of carbonyl (C=O) groups excluding carboxylic acids is 2. The van der Waals surface area contributed by atoms with Gasteiger partial charge in [-0.05, 0) is 18.9 Å². The highest BCUT2D eigenvalue weighted by Gasteiger charge is 2.39. The van der Waals surface area contributed by atoms with Gasteiger partial charge in [0.2, 0.25) is 0 Å². The lowest BCUT2D eigenvalue weighted by atomic mass is 9.94. The number of nitrogens with zero attached hydrogens (tertiary/aromatic N) is 8. The molecule has 5 heterocycles. The number of aryl methyl sites for hydroxylation is 2. The minimum atomic E-state index is -0.0587. The van der Waals surface area contributed by atoms with Crippen LogP contribution in [0.15, 0.2) is 30.6 Å². The standard InChI is InChI=1S/C28H30N8O2/c1-33-16-29-31-26(33)24-19-14-35(13-12-22(19)34(2)32-24)27(37)23-18-10-6-7-11-21(18)30-25-20(23)15-36(28(25)38)17-8-4-3-5-9-17/h6-7,10-11,16-17H,3-5,8-9,12-15H2,1-2H3. The Morgan fingerprint density at radius 2 is 1.82 bits per heavy atom. The van der Waals surface area contributed by atoms with Crippen molar-refractivity contribution in [2.24, 2.45) is 14.1 Å². The van der Waals surface area contributed by atoms with Crippen LogP contribution in [0.3, 0.4) is 0 Å². The van der Waals surface area contributed by atoms with Crippen LogP contribution < -0.4 is 0 Å². The normalized spacial score (nSPS) is 17.8. The van der Waals surface area contributed by atoms with Crippen LogP contribution in [0.5, 0.6) is 0 Å². The lowest BCUT2D eigenvalue weighted by Gasteiger charge is -2.31. The third kappa shape index (κ3) is 3.46. The molecule has 1 fully saturated rings. The van der Waals surface area contributed by atoms with Gasteiger partial charge in [-0.2, -0.15) is 5.10 Å². The van der Waals surface area contributed by atoms with Crippen molar-refractivity contribution in [2.45, 2.75) is 57.7 Å². The summed E-state index contributed by atoms with van der Waals surface area (Å²) >= 11 is 0. The summed E-state index contributed by atoms with van der Waals surface area (Å²) in [6.45, 7) is 1.46. The number of aromatic nitrogens is 6. The third-order valence-corrected chi connectivity index (χ3v) is 8.47. The number of hydrogen-bond acceptors (Lipinski definition) is 6. The number of benzene rings is 1. The predicted molar refractivity (Wildman–Crippen MR) is 140 cm³/mol. The van der Waals surface area contributed by atoms with E-state index in [1.807, 2.05) is 57.4 Å². The molecule has 0 N–H and O–H groups in total. The summed E-state index contributed by atoms with van der Waals surface area (Å²) in [5, 5.41) is 13.8. The lowest BCUT2D eigenvalue weighted by Crippen LogP contribution is -2.37. The van der Waals surface area contributed by atoms with Crippen molar-refractivity contribution in [3.63, 3.8) is 0 Å². The Morgan fingerprint density at radius 3 is 2.61 bits per heavy atom. The average molecular weight is 511 g/mol. The summed E-state index contributed by atoms with van der Waals surface area (Å²) in [5.41, 5.74) is 5.38. The first-order chi connectivity index (χ1) is 18.5. The van der Waals surface area contributed by atoms with Crippen LogP contribution in [0.4, 0.5) is 0 Å². The van der Waals surface area contributed by atoms with Crippen molar-refractivity contribution in [2.75, 3.05) is 6.54 Å². The fraction of sp³-hybridized carbons (Fsp3) is 0.429. The Hall–Kier alpha value is -4.08. The number of carbonyl (C=O) groups is 2. The first-order valence-electron chi connectivity index (χ1n) is 13.4. The molecule has 0 unspecified atom stereocenters. The summed E-state index contributed by atoms with van der Waals surface area (Å²) in [5.74, 6) is 0.584. The molecule has 0 bridgehead atoms. The molecule has 1 aliphatic carbocycles. The molecule has 0 saturated heterocycles. The summed E-state index contributed by atoms with van der Waals surface area (Å²) in [7, 11) is 3.83. The van der Waals surface area contributed by atoms with Crippen LogP contribution in [0.1, 0.15) is 69.8 Å². The Morgan fingerprint density at radius 1 is 1.00 bits per heavy atom. The number of rotatable bonds is 3. The van der Waals surface area contributed by atoms with Gasteiger partial charge in [-0.1, -0.05) is 37.5 Å². The van der Waals surface area contributed by atoms with E-state index >= 15 is 0 Å². The van der Waals surface area contributed by atoms with Crippen LogP contribution in [-0.2, 0) is 33.6 Å². The molecule has 0 radical (unpaired) electrons. The third-order valence-electron chi connectivity index (χ3n) is 8.47. The van der Waals surface area contributed by atoms with E-state index in [0.29, 0.717) is 48.7 Å². The van der Waals surface area contributed by atoms with Crippen molar-refractivity contribution in [3.05, 3.63) is 58.7 Å². The second-order valence-electron chi connectivity index (χ2n) is 10.7. The number of pyridine rings is 1. The van der Waals surface area contributed by atoms with Gasteiger partial charge in [-0.25, -0.2) is 4.98 Å². The molecule has 2 aliphatic heterocycles. The Bertz CT molecular complexity index is 1600. The monoisotopic (exact) mass is 510 g/mol. The van der Waals surface area contributed by atoms with Gasteiger partial charge in [0.05, 0.1) is 17.6 Å². The average Bonchev–Trinajstić information content (AvgIpc) is 3.62. The second-order valence-corrected chi connectivity index (χ2v) is 10.7. The topological polar surface area (TPSA) is 102 Å². The molecule has 38 heavy (non-hydrogen) atoms. The van der Waals surface area contributed by atoms with E-state index in [0.717, 1.165) is 53.6 Å². The number of para-hydroxylation sites is 1. The van der Waals surface area contributed by atoms with Gasteiger partial charge in [0.1, 0.15) is 17.7 Å². The van der Waals surface area contributed by atoms with Gasteiger partial charge >= 0.3 is 0 Å². The van der Waals surface area contributed by atoms with E-state index in [1.54, 1.807) is 6.33 Å². The summed E-state index contributed by atoms with van der Waals surface area (Å²) in [6, 6.07) is 7.91. The zero-order valence-corrected chi connectivity index (χ0v) is 21.7. The van der Waals surface area contributed by atoms with E-state index in [-0.39, 0.29) is 17.9 Å². The first-order valence-corrected chi connectivity index (χ1v) is 13.4. The van der Waals surface area contributed by atoms with Gasteiger partial charge in [-0.3, -0.25) is 14.3 Å². The van der Waals surface area contributed by atoms with Gasteiger partial charge in [0.15, 0.2) is 5.82 Å². The van der Waals surface area contributed by atoms with Crippen molar-refractivity contribution >= 4 is 22.7 Å². The molecule has 4 aromatic rings. The molecule has 10 heteroatoms. The highest BCUT2D eigenvalue weighted by atomic mass is 16.2. The first kappa shape index (κ1) is 23.1. The molecule has 10 nitrogen and oxygen atoms in total. The fourth-order valence-electron chi connectivity index (χ4n) is 6.49. The van der Waals surface area contributed by atoms with E-state index in [4.69, 9.17) is 10.1 Å². The molecular formula is C28H30N8O2. The fourth-order valence-corrected chi connectivity index (χ4v) is 6.49. The quantitative estimate of drug-likeness (QED) is 0.419. The molecule has 1 aromatic carbocycles. The van der Waals surface area contributed by atoms with E-state index in [2.05, 4.69) is 10.2 Å². The molecule has 194 valence electrons. The van der Waals surface area contributed by atoms with Crippen LogP contribution in [0.2, 0.25) is 0 Å². The van der Waals surface area contributed by atoms with Crippen LogP contribution in [-0.4, -0.2) is 63.7 Å². The van der Waals surface area contributed by atoms with Crippen LogP contribution in [0.25, 0.3) is 22.4 Å². The largest absolute Gasteiger partial charge is 0.334 e. The smallest absolute Gasteiger partial charge is 0.273 e. The molecule has 1 saturated carbocycles. The molecule has 3 aliphatic rings. The van der Waals surface area contributed by atoms with E-state index < -0.39 is 0 Å². The summed E-state index contributed by atoms with van der Waals surface area (Å²) in [4.78, 5) is 36.6. The van der Waals surface area contributed by atoms with Crippen LogP contribution in [0, 0.1) is 0 Å². The maximum Gasteiger partial charge on any atom is 0.273 e. The zero-order chi connectivity index (χ0) is 26.0. The molecule has 2 amide bonds. The van der Waals surface area contributed by atoms with Crippen molar-refractivity contribution in [1.82, 2.24) is 39.3 Å². The minimum absolute atomic E-state index is 0.0375. The van der Waals surface area contributed by atoms with Crippen molar-refractivity contribution in [3.8, 4) is 11.5 Å². The van der Waals surface area contributed by atoms with Crippen molar-refractivity contribution in [1.29, 1.82) is 0 Å². The number of hydrogen-bond donors (Lipinski definition) is 0. The highest BCUT2D eigenvalue weighted by molar-refractivity contribution is 6.12. The van der Waals surface area contributed by atoms with E-state index in [9.17, 15) is 9.59 Å². The van der Waals surface area contributed by atoms with Crippen LogP contribution >= 0.6 is 0 Å².